The summed E-state index contributed by atoms with van der Waals surface area (Å²) in [6.07, 6.45) is 0. The first-order valence-corrected chi connectivity index (χ1v) is 5.46. The Morgan fingerprint density at radius 1 is 1.54 bits per heavy atom. The number of hydrogen-bond acceptors (Lipinski definition) is 2. The lowest BCUT2D eigenvalue weighted by atomic mass is 10.1. The molecule has 0 aromatic heterocycles. The van der Waals surface area contributed by atoms with Gasteiger partial charge in [0.15, 0.2) is 5.78 Å². The first-order valence-electron chi connectivity index (χ1n) is 3.75. The van der Waals surface area contributed by atoms with Crippen LogP contribution >= 0.6 is 31.9 Å². The molecule has 0 amide bonds. The molecule has 0 saturated carbocycles. The van der Waals surface area contributed by atoms with Gasteiger partial charge in [-0.25, -0.2) is 0 Å². The van der Waals surface area contributed by atoms with Gasteiger partial charge in [0.05, 0.1) is 4.83 Å². The Kier molecular flexibility index (Phi) is 3.50. The third kappa shape index (κ3) is 2.54. The van der Waals surface area contributed by atoms with Crippen LogP contribution < -0.4 is 5.73 Å². The normalized spacial score (nSPS) is 12.5. The fourth-order valence-corrected chi connectivity index (χ4v) is 1.56. The van der Waals surface area contributed by atoms with E-state index in [1.165, 1.54) is 0 Å². The number of rotatable bonds is 2. The first kappa shape index (κ1) is 10.7. The molecule has 0 spiro atoms. The average molecular weight is 307 g/mol. The van der Waals surface area contributed by atoms with Gasteiger partial charge in [-0.3, -0.25) is 4.79 Å². The highest BCUT2D eigenvalue weighted by Crippen LogP contribution is 2.21. The van der Waals surface area contributed by atoms with Crippen molar-refractivity contribution in [2.24, 2.45) is 0 Å². The second-order valence-corrected chi connectivity index (χ2v) is 5.00. The number of carbonyl (C=O) groups is 1. The van der Waals surface area contributed by atoms with Crippen LogP contribution in [-0.2, 0) is 0 Å². The van der Waals surface area contributed by atoms with E-state index in [1.54, 1.807) is 19.1 Å². The molecule has 0 heterocycles. The standard InChI is InChI=1S/C9H9Br2NO/c1-5(10)9(13)7-4-6(11)2-3-8(7)12/h2-5H,12H2,1H3. The number of Topliss-reactive ketones (excluding diaryl/α,β-unsaturated/α-hetero) is 1. The van der Waals surface area contributed by atoms with E-state index >= 15 is 0 Å². The van der Waals surface area contributed by atoms with Gasteiger partial charge in [-0.05, 0) is 25.1 Å². The predicted octanol–water partition coefficient (Wildman–Crippen LogP) is 3.00. The molecule has 13 heavy (non-hydrogen) atoms. The van der Waals surface area contributed by atoms with Crippen molar-refractivity contribution in [3.63, 3.8) is 0 Å². The van der Waals surface area contributed by atoms with Crippen LogP contribution in [0.25, 0.3) is 0 Å². The van der Waals surface area contributed by atoms with Crippen LogP contribution in [0.2, 0.25) is 0 Å². The maximum absolute atomic E-state index is 11.6. The Labute approximate surface area is 93.8 Å². The fraction of sp³-hybridized carbons (Fsp3) is 0.222. The second kappa shape index (κ2) is 4.24. The van der Waals surface area contributed by atoms with Gasteiger partial charge < -0.3 is 5.73 Å². The van der Waals surface area contributed by atoms with Crippen LogP contribution in [0, 0.1) is 0 Å². The number of hydrogen-bond donors (Lipinski definition) is 1. The highest BCUT2D eigenvalue weighted by molar-refractivity contribution is 9.10. The zero-order valence-corrected chi connectivity index (χ0v) is 10.2. The maximum atomic E-state index is 11.6. The van der Waals surface area contributed by atoms with Gasteiger partial charge in [0.1, 0.15) is 0 Å². The second-order valence-electron chi connectivity index (χ2n) is 2.71. The predicted molar refractivity (Wildman–Crippen MR) is 61.3 cm³/mol. The molecular weight excluding hydrogens is 298 g/mol. The molecule has 0 bridgehead atoms. The molecule has 2 N–H and O–H groups in total. The summed E-state index contributed by atoms with van der Waals surface area (Å²) in [5.74, 6) is -0.00111. The van der Waals surface area contributed by atoms with Crippen molar-refractivity contribution in [1.29, 1.82) is 0 Å². The number of benzene rings is 1. The van der Waals surface area contributed by atoms with Crippen molar-refractivity contribution in [3.8, 4) is 0 Å². The van der Waals surface area contributed by atoms with Gasteiger partial charge in [0.2, 0.25) is 0 Å². The first-order chi connectivity index (χ1) is 6.02. The summed E-state index contributed by atoms with van der Waals surface area (Å²) in [6.45, 7) is 1.78. The highest BCUT2D eigenvalue weighted by Gasteiger charge is 2.14. The van der Waals surface area contributed by atoms with E-state index in [0.717, 1.165) is 4.47 Å². The summed E-state index contributed by atoms with van der Waals surface area (Å²) in [6, 6.07) is 5.26. The molecular formula is C9H9Br2NO. The number of halogens is 2. The Morgan fingerprint density at radius 2 is 2.15 bits per heavy atom. The van der Waals surface area contributed by atoms with Crippen molar-refractivity contribution in [3.05, 3.63) is 28.2 Å². The number of ketones is 1. The number of nitrogen functional groups attached to an aromatic ring is 1. The Balaban J connectivity index is 3.13. The largest absolute Gasteiger partial charge is 0.398 e. The number of nitrogens with two attached hydrogens (primary N) is 1. The molecule has 2 nitrogen and oxygen atoms in total. The van der Waals surface area contributed by atoms with Crippen LogP contribution in [0.5, 0.6) is 0 Å². The summed E-state index contributed by atoms with van der Waals surface area (Å²) in [5.41, 5.74) is 6.73. The lowest BCUT2D eigenvalue weighted by molar-refractivity contribution is 0.0996. The molecule has 1 aromatic rings. The van der Waals surface area contributed by atoms with Crippen LogP contribution in [-0.4, -0.2) is 10.6 Å². The molecule has 0 aliphatic carbocycles. The molecule has 0 aliphatic heterocycles. The van der Waals surface area contributed by atoms with Crippen molar-refractivity contribution in [1.82, 2.24) is 0 Å². The maximum Gasteiger partial charge on any atom is 0.178 e. The minimum atomic E-state index is -0.205. The molecule has 1 aromatic carbocycles. The van der Waals surface area contributed by atoms with E-state index in [2.05, 4.69) is 31.9 Å². The van der Waals surface area contributed by atoms with E-state index in [-0.39, 0.29) is 10.6 Å². The SMILES string of the molecule is CC(Br)C(=O)c1cc(Br)ccc1N. The highest BCUT2D eigenvalue weighted by atomic mass is 79.9. The quantitative estimate of drug-likeness (QED) is 0.518. The van der Waals surface area contributed by atoms with E-state index < -0.39 is 0 Å². The van der Waals surface area contributed by atoms with E-state index in [4.69, 9.17) is 5.73 Å². The molecule has 1 unspecified atom stereocenters. The molecule has 1 rings (SSSR count). The van der Waals surface area contributed by atoms with Crippen LogP contribution in [0.15, 0.2) is 22.7 Å². The van der Waals surface area contributed by atoms with Gasteiger partial charge in [0.25, 0.3) is 0 Å². The van der Waals surface area contributed by atoms with E-state index in [9.17, 15) is 4.79 Å². The van der Waals surface area contributed by atoms with Crippen LogP contribution in [0.1, 0.15) is 17.3 Å². The lowest BCUT2D eigenvalue weighted by Gasteiger charge is -2.06. The van der Waals surface area contributed by atoms with Crippen LogP contribution in [0.4, 0.5) is 5.69 Å². The third-order valence-electron chi connectivity index (χ3n) is 1.64. The number of anilines is 1. The average Bonchev–Trinajstić information content (AvgIpc) is 2.08. The summed E-state index contributed by atoms with van der Waals surface area (Å²) in [5, 5.41) is 0. The third-order valence-corrected chi connectivity index (χ3v) is 2.55. The van der Waals surface area contributed by atoms with E-state index in [0.29, 0.717) is 11.3 Å². The van der Waals surface area contributed by atoms with Gasteiger partial charge >= 0.3 is 0 Å². The summed E-state index contributed by atoms with van der Waals surface area (Å²) >= 11 is 6.51. The lowest BCUT2D eigenvalue weighted by Crippen LogP contribution is -2.12. The zero-order valence-electron chi connectivity index (χ0n) is 7.05. The molecule has 70 valence electrons. The smallest absolute Gasteiger partial charge is 0.178 e. The van der Waals surface area contributed by atoms with Gasteiger partial charge in [-0.2, -0.15) is 0 Å². The van der Waals surface area contributed by atoms with Crippen LogP contribution in [0.3, 0.4) is 0 Å². The molecule has 0 saturated heterocycles. The molecule has 0 aliphatic rings. The Bertz CT molecular complexity index is 336. The Hall–Kier alpha value is -0.350. The van der Waals surface area contributed by atoms with Crippen molar-refractivity contribution in [2.45, 2.75) is 11.8 Å². The van der Waals surface area contributed by atoms with Gasteiger partial charge in [-0.15, -0.1) is 0 Å². The van der Waals surface area contributed by atoms with Gasteiger partial charge in [-0.1, -0.05) is 31.9 Å². The summed E-state index contributed by atoms with van der Waals surface area (Å²) in [7, 11) is 0. The summed E-state index contributed by atoms with van der Waals surface area (Å²) < 4.78 is 0.859. The fourth-order valence-electron chi connectivity index (χ4n) is 0.956. The molecule has 1 atom stereocenters. The minimum Gasteiger partial charge on any atom is -0.398 e. The van der Waals surface area contributed by atoms with Crippen molar-refractivity contribution >= 4 is 43.3 Å². The monoisotopic (exact) mass is 305 g/mol. The number of alkyl halides is 1. The van der Waals surface area contributed by atoms with Crippen molar-refractivity contribution < 1.29 is 4.79 Å². The molecule has 4 heteroatoms. The number of carbonyl (C=O) groups excluding carboxylic acids is 1. The van der Waals surface area contributed by atoms with Gasteiger partial charge in [0, 0.05) is 15.7 Å². The minimum absolute atomic E-state index is 0.00111. The zero-order chi connectivity index (χ0) is 10.0. The molecule has 0 radical (unpaired) electrons. The Morgan fingerprint density at radius 3 is 2.69 bits per heavy atom. The van der Waals surface area contributed by atoms with Crippen molar-refractivity contribution in [2.75, 3.05) is 5.73 Å². The van der Waals surface area contributed by atoms with E-state index in [1.807, 2.05) is 6.07 Å². The summed E-state index contributed by atoms with van der Waals surface area (Å²) in [4.78, 5) is 11.4. The topological polar surface area (TPSA) is 43.1 Å². The molecule has 0 fully saturated rings.